The standard InChI is InChI=1S/C23H26N4O3S/c1-16(2)24-22(28)20-9-8-18(30-20)15-31-23-25-19(17-6-4-3-5-7-17)14-21(26-23)27-10-12-29-13-11-27/h3-9,14,16H,10-13,15H2,1-2H3,(H,24,28). The number of anilines is 1. The van der Waals surface area contributed by atoms with Crippen LogP contribution in [0.1, 0.15) is 30.2 Å². The number of hydrogen-bond donors (Lipinski definition) is 1. The molecule has 162 valence electrons. The SMILES string of the molecule is CC(C)NC(=O)c1ccc(CSc2nc(-c3ccccc3)cc(N3CCOCC3)n2)o1. The minimum absolute atomic E-state index is 0.0585. The van der Waals surface area contributed by atoms with Crippen LogP contribution < -0.4 is 10.2 Å². The van der Waals surface area contributed by atoms with Gasteiger partial charge in [-0.2, -0.15) is 0 Å². The van der Waals surface area contributed by atoms with Gasteiger partial charge in [-0.3, -0.25) is 4.79 Å². The zero-order chi connectivity index (χ0) is 21.6. The largest absolute Gasteiger partial charge is 0.455 e. The van der Waals surface area contributed by atoms with E-state index in [9.17, 15) is 4.79 Å². The molecule has 0 saturated carbocycles. The molecular weight excluding hydrogens is 412 g/mol. The van der Waals surface area contributed by atoms with E-state index in [1.165, 1.54) is 11.8 Å². The van der Waals surface area contributed by atoms with Crippen molar-refractivity contribution in [1.82, 2.24) is 15.3 Å². The second-order valence-electron chi connectivity index (χ2n) is 7.54. The molecule has 1 amide bonds. The maximum absolute atomic E-state index is 12.1. The molecular formula is C23H26N4O3S. The van der Waals surface area contributed by atoms with Gasteiger partial charge < -0.3 is 19.4 Å². The molecule has 0 unspecified atom stereocenters. The minimum Gasteiger partial charge on any atom is -0.455 e. The molecule has 1 saturated heterocycles. The first-order chi connectivity index (χ1) is 15.1. The van der Waals surface area contributed by atoms with Crippen LogP contribution in [0.3, 0.4) is 0 Å². The van der Waals surface area contributed by atoms with Crippen LogP contribution in [0, 0.1) is 0 Å². The number of ether oxygens (including phenoxy) is 1. The Hall–Kier alpha value is -2.84. The molecule has 3 aromatic rings. The van der Waals surface area contributed by atoms with Crippen LogP contribution in [0.5, 0.6) is 0 Å². The number of rotatable bonds is 7. The van der Waals surface area contributed by atoms with Crippen molar-refractivity contribution < 1.29 is 13.9 Å². The number of thioether (sulfide) groups is 1. The molecule has 0 spiro atoms. The lowest BCUT2D eigenvalue weighted by Gasteiger charge is -2.28. The van der Waals surface area contributed by atoms with Crippen LogP contribution in [0.15, 0.2) is 58.1 Å². The lowest BCUT2D eigenvalue weighted by Crippen LogP contribution is -2.36. The van der Waals surface area contributed by atoms with E-state index in [2.05, 4.69) is 10.2 Å². The quantitative estimate of drug-likeness (QED) is 0.441. The Labute approximate surface area is 186 Å². The van der Waals surface area contributed by atoms with Crippen molar-refractivity contribution in [2.75, 3.05) is 31.2 Å². The van der Waals surface area contributed by atoms with E-state index in [0.29, 0.717) is 35.6 Å². The fourth-order valence-electron chi connectivity index (χ4n) is 3.24. The Balaban J connectivity index is 1.53. The van der Waals surface area contributed by atoms with E-state index in [4.69, 9.17) is 19.1 Å². The van der Waals surface area contributed by atoms with Crippen LogP contribution in [0.2, 0.25) is 0 Å². The summed E-state index contributed by atoms with van der Waals surface area (Å²) in [5, 5.41) is 3.51. The third-order valence-corrected chi connectivity index (χ3v) is 5.62. The third-order valence-electron chi connectivity index (χ3n) is 4.75. The molecule has 1 aliphatic rings. The number of aromatic nitrogens is 2. The molecule has 4 rings (SSSR count). The van der Waals surface area contributed by atoms with Gasteiger partial charge in [-0.1, -0.05) is 42.1 Å². The predicted molar refractivity (Wildman–Crippen MR) is 121 cm³/mol. The average molecular weight is 439 g/mol. The van der Waals surface area contributed by atoms with E-state index >= 15 is 0 Å². The third kappa shape index (κ3) is 5.65. The topological polar surface area (TPSA) is 80.5 Å². The summed E-state index contributed by atoms with van der Waals surface area (Å²) < 4.78 is 11.2. The highest BCUT2D eigenvalue weighted by Crippen LogP contribution is 2.28. The number of nitrogens with zero attached hydrogens (tertiary/aromatic N) is 3. The molecule has 1 fully saturated rings. The molecule has 0 bridgehead atoms. The molecule has 31 heavy (non-hydrogen) atoms. The molecule has 8 heteroatoms. The van der Waals surface area contributed by atoms with Crippen LogP contribution in [-0.4, -0.2) is 48.2 Å². The highest BCUT2D eigenvalue weighted by Gasteiger charge is 2.17. The van der Waals surface area contributed by atoms with Gasteiger partial charge in [-0.25, -0.2) is 9.97 Å². The van der Waals surface area contributed by atoms with Crippen molar-refractivity contribution in [2.45, 2.75) is 30.8 Å². The number of nitrogens with one attached hydrogen (secondary N) is 1. The van der Waals surface area contributed by atoms with Gasteiger partial charge in [0.1, 0.15) is 11.6 Å². The van der Waals surface area contributed by atoms with Gasteiger partial charge in [0.15, 0.2) is 10.9 Å². The normalized spacial score (nSPS) is 14.1. The monoisotopic (exact) mass is 438 g/mol. The smallest absolute Gasteiger partial charge is 0.287 e. The Bertz CT molecular complexity index is 1020. The summed E-state index contributed by atoms with van der Waals surface area (Å²) in [6, 6.07) is 15.7. The van der Waals surface area contributed by atoms with Gasteiger partial charge in [0, 0.05) is 30.8 Å². The first-order valence-corrected chi connectivity index (χ1v) is 11.4. The lowest BCUT2D eigenvalue weighted by molar-refractivity contribution is 0.0913. The molecule has 0 radical (unpaired) electrons. The van der Waals surface area contributed by atoms with Crippen LogP contribution in [0.25, 0.3) is 11.3 Å². The van der Waals surface area contributed by atoms with Crippen molar-refractivity contribution in [3.63, 3.8) is 0 Å². The average Bonchev–Trinajstić information content (AvgIpc) is 3.28. The molecule has 1 aromatic carbocycles. The first kappa shape index (κ1) is 21.4. The number of amides is 1. The molecule has 7 nitrogen and oxygen atoms in total. The molecule has 0 atom stereocenters. The summed E-state index contributed by atoms with van der Waals surface area (Å²) in [6.45, 7) is 6.84. The first-order valence-electron chi connectivity index (χ1n) is 10.4. The Kier molecular flexibility index (Phi) is 6.89. The van der Waals surface area contributed by atoms with Crippen molar-refractivity contribution in [3.05, 3.63) is 60.1 Å². The Morgan fingerprint density at radius 2 is 1.90 bits per heavy atom. The summed E-state index contributed by atoms with van der Waals surface area (Å²) in [5.74, 6) is 2.26. The minimum atomic E-state index is -0.205. The second-order valence-corrected chi connectivity index (χ2v) is 8.48. The van der Waals surface area contributed by atoms with Crippen molar-refractivity contribution in [2.24, 2.45) is 0 Å². The maximum atomic E-state index is 12.1. The number of carbonyl (C=O) groups excluding carboxylic acids is 1. The summed E-state index contributed by atoms with van der Waals surface area (Å²) in [7, 11) is 0. The van der Waals surface area contributed by atoms with Gasteiger partial charge >= 0.3 is 0 Å². The van der Waals surface area contributed by atoms with Gasteiger partial charge in [0.2, 0.25) is 0 Å². The fourth-order valence-corrected chi connectivity index (χ4v) is 3.98. The summed E-state index contributed by atoms with van der Waals surface area (Å²) in [5.41, 5.74) is 1.93. The highest BCUT2D eigenvalue weighted by atomic mass is 32.2. The molecule has 1 aliphatic heterocycles. The lowest BCUT2D eigenvalue weighted by atomic mass is 10.1. The van der Waals surface area contributed by atoms with E-state index < -0.39 is 0 Å². The number of benzene rings is 1. The summed E-state index contributed by atoms with van der Waals surface area (Å²) in [6.07, 6.45) is 0. The van der Waals surface area contributed by atoms with Gasteiger partial charge in [0.05, 0.1) is 24.7 Å². The van der Waals surface area contributed by atoms with E-state index in [1.54, 1.807) is 6.07 Å². The van der Waals surface area contributed by atoms with Gasteiger partial charge in [0.25, 0.3) is 5.91 Å². The number of hydrogen-bond acceptors (Lipinski definition) is 7. The number of morpholine rings is 1. The van der Waals surface area contributed by atoms with Crippen molar-refractivity contribution in [1.29, 1.82) is 0 Å². The van der Waals surface area contributed by atoms with Crippen LogP contribution in [0.4, 0.5) is 5.82 Å². The maximum Gasteiger partial charge on any atom is 0.287 e. The zero-order valence-electron chi connectivity index (χ0n) is 17.7. The van der Waals surface area contributed by atoms with Gasteiger partial charge in [-0.15, -0.1) is 0 Å². The zero-order valence-corrected chi connectivity index (χ0v) is 18.5. The van der Waals surface area contributed by atoms with E-state index in [0.717, 1.165) is 30.2 Å². The fraction of sp³-hybridized carbons (Fsp3) is 0.348. The highest BCUT2D eigenvalue weighted by molar-refractivity contribution is 7.98. The summed E-state index contributed by atoms with van der Waals surface area (Å²) in [4.78, 5) is 23.9. The van der Waals surface area contributed by atoms with Crippen molar-refractivity contribution >= 4 is 23.5 Å². The molecule has 0 aliphatic carbocycles. The van der Waals surface area contributed by atoms with Gasteiger partial charge in [-0.05, 0) is 26.0 Å². The van der Waals surface area contributed by atoms with Crippen LogP contribution in [-0.2, 0) is 10.5 Å². The van der Waals surface area contributed by atoms with E-state index in [1.807, 2.05) is 56.3 Å². The molecule has 2 aromatic heterocycles. The number of carbonyl (C=O) groups is 1. The molecule has 1 N–H and O–H groups in total. The Morgan fingerprint density at radius 1 is 1.13 bits per heavy atom. The van der Waals surface area contributed by atoms with Crippen molar-refractivity contribution in [3.8, 4) is 11.3 Å². The number of furan rings is 1. The van der Waals surface area contributed by atoms with Crippen LogP contribution >= 0.6 is 11.8 Å². The summed E-state index contributed by atoms with van der Waals surface area (Å²) >= 11 is 1.49. The van der Waals surface area contributed by atoms with E-state index in [-0.39, 0.29) is 11.9 Å². The molecule has 3 heterocycles. The second kappa shape index (κ2) is 9.98. The Morgan fingerprint density at radius 3 is 2.65 bits per heavy atom. The predicted octanol–water partition coefficient (Wildman–Crippen LogP) is 4.00.